The highest BCUT2D eigenvalue weighted by Crippen LogP contribution is 2.08. The second-order valence-electron chi connectivity index (χ2n) is 4.67. The smallest absolute Gasteiger partial charge is 0.303 e. The molecule has 0 spiro atoms. The number of amides is 1. The van der Waals surface area contributed by atoms with E-state index in [0.29, 0.717) is 12.2 Å². The lowest BCUT2D eigenvalue weighted by Crippen LogP contribution is -2.31. The lowest BCUT2D eigenvalue weighted by molar-refractivity contribution is -0.138. The first kappa shape index (κ1) is 15.3. The van der Waals surface area contributed by atoms with E-state index in [0.717, 1.165) is 19.4 Å². The van der Waals surface area contributed by atoms with Crippen LogP contribution in [0.25, 0.3) is 0 Å². The summed E-state index contributed by atoms with van der Waals surface area (Å²) in [6.07, 6.45) is 3.67. The Labute approximate surface area is 113 Å². The molecule has 1 amide bonds. The van der Waals surface area contributed by atoms with Gasteiger partial charge in [0.15, 0.2) is 0 Å². The maximum absolute atomic E-state index is 12.0. The van der Waals surface area contributed by atoms with E-state index < -0.39 is 5.97 Å². The number of rotatable bonds is 8. The number of carbonyl (C=O) groups is 2. The Hall–Kier alpha value is -1.78. The Bertz CT molecular complexity index is 426. The first-order chi connectivity index (χ1) is 9.08. The summed E-state index contributed by atoms with van der Waals surface area (Å²) in [4.78, 5) is 22.7. The van der Waals surface area contributed by atoms with Crippen molar-refractivity contribution in [3.63, 3.8) is 0 Å². The van der Waals surface area contributed by atoms with E-state index in [1.807, 2.05) is 23.8 Å². The van der Waals surface area contributed by atoms with Crippen LogP contribution in [0.15, 0.2) is 18.3 Å². The monoisotopic (exact) mass is 266 g/mol. The van der Waals surface area contributed by atoms with Gasteiger partial charge in [0.25, 0.3) is 5.91 Å². The summed E-state index contributed by atoms with van der Waals surface area (Å²) in [7, 11) is 0. The van der Waals surface area contributed by atoms with Crippen LogP contribution in [0.1, 0.15) is 43.6 Å². The average Bonchev–Trinajstić information content (AvgIpc) is 2.82. The van der Waals surface area contributed by atoms with Crippen LogP contribution in [0.5, 0.6) is 0 Å². The fourth-order valence-corrected chi connectivity index (χ4v) is 1.99. The molecule has 1 aromatic heterocycles. The summed E-state index contributed by atoms with van der Waals surface area (Å²) >= 11 is 0. The minimum atomic E-state index is -0.824. The molecule has 0 saturated carbocycles. The Morgan fingerprint density at radius 2 is 2.16 bits per heavy atom. The van der Waals surface area contributed by atoms with Gasteiger partial charge in [-0.3, -0.25) is 9.59 Å². The first-order valence-corrected chi connectivity index (χ1v) is 6.73. The van der Waals surface area contributed by atoms with Crippen molar-refractivity contribution in [3.8, 4) is 0 Å². The summed E-state index contributed by atoms with van der Waals surface area (Å²) in [6.45, 7) is 5.20. The predicted molar refractivity (Wildman–Crippen MR) is 73.1 cm³/mol. The van der Waals surface area contributed by atoms with Crippen LogP contribution in [0.3, 0.4) is 0 Å². The van der Waals surface area contributed by atoms with Gasteiger partial charge < -0.3 is 15.0 Å². The van der Waals surface area contributed by atoms with Crippen molar-refractivity contribution in [1.82, 2.24) is 9.88 Å². The van der Waals surface area contributed by atoms with Crippen LogP contribution in [0.4, 0.5) is 0 Å². The molecule has 0 bridgehead atoms. The Morgan fingerprint density at radius 3 is 2.74 bits per heavy atom. The third kappa shape index (κ3) is 4.77. The lowest BCUT2D eigenvalue weighted by atomic mass is 10.0. The molecule has 1 rings (SSSR count). The minimum Gasteiger partial charge on any atom is -0.481 e. The van der Waals surface area contributed by atoms with Gasteiger partial charge in [-0.2, -0.15) is 0 Å². The zero-order chi connectivity index (χ0) is 14.3. The Morgan fingerprint density at radius 1 is 1.42 bits per heavy atom. The van der Waals surface area contributed by atoms with Crippen molar-refractivity contribution in [2.75, 3.05) is 6.54 Å². The number of carboxylic acids is 1. The van der Waals surface area contributed by atoms with Gasteiger partial charge in [0.1, 0.15) is 5.69 Å². The fourth-order valence-electron chi connectivity index (χ4n) is 1.99. The molecule has 106 valence electrons. The second-order valence-corrected chi connectivity index (χ2v) is 4.67. The topological polar surface area (TPSA) is 71.3 Å². The summed E-state index contributed by atoms with van der Waals surface area (Å²) in [5.74, 6) is -0.978. The largest absolute Gasteiger partial charge is 0.481 e. The first-order valence-electron chi connectivity index (χ1n) is 6.73. The van der Waals surface area contributed by atoms with Gasteiger partial charge in [0.05, 0.1) is 0 Å². The normalized spacial score (nSPS) is 12.1. The van der Waals surface area contributed by atoms with Crippen LogP contribution < -0.4 is 5.32 Å². The highest BCUT2D eigenvalue weighted by molar-refractivity contribution is 5.92. The van der Waals surface area contributed by atoms with E-state index in [2.05, 4.69) is 12.2 Å². The van der Waals surface area contributed by atoms with Gasteiger partial charge >= 0.3 is 5.97 Å². The number of aryl methyl sites for hydroxylation is 1. The van der Waals surface area contributed by atoms with Gasteiger partial charge in [0, 0.05) is 25.7 Å². The standard InChI is InChI=1S/C14H22N2O3/c1-3-7-16-8-5-6-12(16)14(19)15-10-11(4-2)9-13(17)18/h5-6,8,11H,3-4,7,9-10H2,1-2H3,(H,15,19)(H,17,18). The molecule has 0 aliphatic carbocycles. The van der Waals surface area contributed by atoms with Crippen LogP contribution in [-0.4, -0.2) is 28.1 Å². The van der Waals surface area contributed by atoms with Crippen LogP contribution >= 0.6 is 0 Å². The molecule has 1 aromatic rings. The number of carbonyl (C=O) groups excluding carboxylic acids is 1. The number of aliphatic carboxylic acids is 1. The number of carboxylic acid groups (broad SMARTS) is 1. The SMILES string of the molecule is CCCn1cccc1C(=O)NCC(CC)CC(=O)O. The number of aromatic nitrogens is 1. The molecule has 0 aliphatic heterocycles. The fraction of sp³-hybridized carbons (Fsp3) is 0.571. The van der Waals surface area contributed by atoms with Crippen LogP contribution in [0.2, 0.25) is 0 Å². The van der Waals surface area contributed by atoms with Crippen molar-refractivity contribution in [3.05, 3.63) is 24.0 Å². The van der Waals surface area contributed by atoms with Crippen molar-refractivity contribution >= 4 is 11.9 Å². The third-order valence-corrected chi connectivity index (χ3v) is 3.12. The van der Waals surface area contributed by atoms with E-state index in [-0.39, 0.29) is 18.2 Å². The molecule has 0 radical (unpaired) electrons. The minimum absolute atomic E-state index is 0.0176. The van der Waals surface area contributed by atoms with Gasteiger partial charge in [-0.05, 0) is 24.5 Å². The van der Waals surface area contributed by atoms with Gasteiger partial charge in [-0.1, -0.05) is 20.3 Å². The molecule has 5 heteroatoms. The molecule has 0 aliphatic rings. The zero-order valence-electron chi connectivity index (χ0n) is 11.6. The van der Waals surface area contributed by atoms with Gasteiger partial charge in [-0.25, -0.2) is 0 Å². The molecule has 5 nitrogen and oxygen atoms in total. The van der Waals surface area contributed by atoms with Crippen LogP contribution in [0, 0.1) is 5.92 Å². The van der Waals surface area contributed by atoms with E-state index in [1.165, 1.54) is 0 Å². The summed E-state index contributed by atoms with van der Waals surface area (Å²) in [5, 5.41) is 11.6. The maximum Gasteiger partial charge on any atom is 0.303 e. The predicted octanol–water partition coefficient (Wildman–Crippen LogP) is 2.13. The van der Waals surface area contributed by atoms with Crippen LogP contribution in [-0.2, 0) is 11.3 Å². The molecule has 2 N–H and O–H groups in total. The molecule has 1 atom stereocenters. The molecule has 19 heavy (non-hydrogen) atoms. The van der Waals surface area contributed by atoms with Crippen molar-refractivity contribution in [2.24, 2.45) is 5.92 Å². The zero-order valence-corrected chi connectivity index (χ0v) is 11.6. The Balaban J connectivity index is 2.54. The molecule has 0 aromatic carbocycles. The van der Waals surface area contributed by atoms with E-state index in [9.17, 15) is 9.59 Å². The summed E-state index contributed by atoms with van der Waals surface area (Å²) in [6, 6.07) is 3.63. The van der Waals surface area contributed by atoms with Crippen molar-refractivity contribution in [1.29, 1.82) is 0 Å². The summed E-state index contributed by atoms with van der Waals surface area (Å²) < 4.78 is 1.91. The average molecular weight is 266 g/mol. The number of nitrogens with zero attached hydrogens (tertiary/aromatic N) is 1. The third-order valence-electron chi connectivity index (χ3n) is 3.12. The molecular formula is C14H22N2O3. The van der Waals surface area contributed by atoms with E-state index in [4.69, 9.17) is 5.11 Å². The van der Waals surface area contributed by atoms with E-state index in [1.54, 1.807) is 6.07 Å². The quantitative estimate of drug-likeness (QED) is 0.757. The van der Waals surface area contributed by atoms with E-state index >= 15 is 0 Å². The van der Waals surface area contributed by atoms with Gasteiger partial charge in [-0.15, -0.1) is 0 Å². The molecule has 0 saturated heterocycles. The lowest BCUT2D eigenvalue weighted by Gasteiger charge is -2.14. The number of hydrogen-bond acceptors (Lipinski definition) is 2. The molecule has 0 fully saturated rings. The number of hydrogen-bond donors (Lipinski definition) is 2. The highest BCUT2D eigenvalue weighted by Gasteiger charge is 2.15. The maximum atomic E-state index is 12.0. The second kappa shape index (κ2) is 7.61. The van der Waals surface area contributed by atoms with Crippen molar-refractivity contribution in [2.45, 2.75) is 39.7 Å². The van der Waals surface area contributed by atoms with Crippen molar-refractivity contribution < 1.29 is 14.7 Å². The molecule has 1 unspecified atom stereocenters. The summed E-state index contributed by atoms with van der Waals surface area (Å²) in [5.41, 5.74) is 0.632. The highest BCUT2D eigenvalue weighted by atomic mass is 16.4. The molecular weight excluding hydrogens is 244 g/mol. The number of nitrogens with one attached hydrogen (secondary N) is 1. The molecule has 1 heterocycles. The van der Waals surface area contributed by atoms with Gasteiger partial charge in [0.2, 0.25) is 0 Å². The Kier molecular flexibility index (Phi) is 6.12.